The molecule has 4 aromatic rings. The molecule has 1 aliphatic carbocycles. The van der Waals surface area contributed by atoms with Crippen molar-refractivity contribution in [2.45, 2.75) is 38.6 Å². The van der Waals surface area contributed by atoms with Gasteiger partial charge in [-0.05, 0) is 68.0 Å². The molecule has 0 saturated carbocycles. The number of aromatic hydroxyl groups is 2. The van der Waals surface area contributed by atoms with Gasteiger partial charge in [0.2, 0.25) is 17.5 Å². The van der Waals surface area contributed by atoms with Crippen molar-refractivity contribution < 1.29 is 29.5 Å². The minimum absolute atomic E-state index is 0.0425. The second-order valence-corrected chi connectivity index (χ2v) is 10.4. The maximum atomic E-state index is 13.1. The summed E-state index contributed by atoms with van der Waals surface area (Å²) in [6.07, 6.45) is 3.45. The van der Waals surface area contributed by atoms with Crippen LogP contribution in [0.4, 0.5) is 11.4 Å². The molecule has 10 nitrogen and oxygen atoms in total. The molecule has 2 N–H and O–H groups in total. The molecule has 6 rings (SSSR count). The number of fused-ring (bicyclic) bond motifs is 2. The Labute approximate surface area is 227 Å². The summed E-state index contributed by atoms with van der Waals surface area (Å²) in [5.41, 5.74) is 2.71. The third-order valence-electron chi connectivity index (χ3n) is 7.08. The molecule has 200 valence electrons. The highest BCUT2D eigenvalue weighted by molar-refractivity contribution is 7.15. The minimum Gasteiger partial charge on any atom is -0.494 e. The first-order chi connectivity index (χ1) is 18.9. The number of nitro groups is 1. The van der Waals surface area contributed by atoms with Crippen molar-refractivity contribution in [2.24, 2.45) is 0 Å². The Balaban J connectivity index is 1.53. The summed E-state index contributed by atoms with van der Waals surface area (Å²) in [4.78, 5) is 31.1. The van der Waals surface area contributed by atoms with Crippen LogP contribution in [0.15, 0.2) is 54.6 Å². The van der Waals surface area contributed by atoms with Crippen molar-refractivity contribution in [1.82, 2.24) is 4.57 Å². The molecule has 2 aliphatic rings. The second kappa shape index (κ2) is 9.66. The van der Waals surface area contributed by atoms with E-state index in [-0.39, 0.29) is 35.4 Å². The zero-order valence-electron chi connectivity index (χ0n) is 21.0. The number of rotatable bonds is 6. The van der Waals surface area contributed by atoms with Gasteiger partial charge in [-0.3, -0.25) is 10.1 Å². The summed E-state index contributed by atoms with van der Waals surface area (Å²) < 4.78 is 6.61. The van der Waals surface area contributed by atoms with Crippen LogP contribution in [0.5, 0.6) is 17.5 Å². The summed E-state index contributed by atoms with van der Waals surface area (Å²) in [5, 5.41) is 36.3. The van der Waals surface area contributed by atoms with Gasteiger partial charge in [0.25, 0.3) is 5.69 Å². The number of anilines is 1. The molecule has 1 aliphatic heterocycles. The quantitative estimate of drug-likeness (QED) is 0.176. The number of hydroxylamine groups is 1. The molecule has 0 saturated heterocycles. The number of hydrogen-bond acceptors (Lipinski definition) is 9. The first kappa shape index (κ1) is 24.8. The molecular formula is C28H25N3O7S. The number of benzene rings is 2. The van der Waals surface area contributed by atoms with Crippen LogP contribution in [0.3, 0.4) is 0 Å². The first-order valence-corrected chi connectivity index (χ1v) is 13.5. The number of thiophene rings is 1. The molecule has 0 spiro atoms. The van der Waals surface area contributed by atoms with Gasteiger partial charge in [-0.2, -0.15) is 5.06 Å². The van der Waals surface area contributed by atoms with E-state index in [1.54, 1.807) is 24.1 Å². The maximum Gasteiger partial charge on any atom is 0.341 e. The Morgan fingerprint density at radius 2 is 1.82 bits per heavy atom. The highest BCUT2D eigenvalue weighted by Crippen LogP contribution is 2.56. The van der Waals surface area contributed by atoms with Gasteiger partial charge in [0.15, 0.2) is 0 Å². The number of aromatic nitrogens is 1. The fourth-order valence-electron chi connectivity index (χ4n) is 5.32. The molecule has 2 aromatic heterocycles. The van der Waals surface area contributed by atoms with E-state index in [9.17, 15) is 25.1 Å². The van der Waals surface area contributed by atoms with Crippen LogP contribution in [0.2, 0.25) is 0 Å². The summed E-state index contributed by atoms with van der Waals surface area (Å²) in [7, 11) is 0. The smallest absolute Gasteiger partial charge is 0.341 e. The first-order valence-electron chi connectivity index (χ1n) is 12.7. The van der Waals surface area contributed by atoms with Crippen molar-refractivity contribution in [3.05, 3.63) is 91.8 Å². The number of carbonyl (C=O) groups is 1. The van der Waals surface area contributed by atoms with Gasteiger partial charge in [-0.25, -0.2) is 9.36 Å². The number of para-hydroxylation sites is 1. The van der Waals surface area contributed by atoms with E-state index < -0.39 is 16.9 Å². The second-order valence-electron chi connectivity index (χ2n) is 9.34. The third kappa shape index (κ3) is 3.97. The Hall–Kier alpha value is -4.51. The van der Waals surface area contributed by atoms with E-state index in [0.29, 0.717) is 28.2 Å². The fraction of sp³-hybridized carbons (Fsp3) is 0.250. The number of hydrogen-bond donors (Lipinski definition) is 2. The molecule has 0 radical (unpaired) electrons. The van der Waals surface area contributed by atoms with E-state index in [0.717, 1.165) is 29.7 Å². The number of esters is 1. The van der Waals surface area contributed by atoms with Crippen molar-refractivity contribution in [2.75, 3.05) is 11.7 Å². The molecule has 1 unspecified atom stereocenters. The molecule has 1 atom stereocenters. The van der Waals surface area contributed by atoms with Crippen LogP contribution in [-0.4, -0.2) is 32.3 Å². The Bertz CT molecular complexity index is 1580. The van der Waals surface area contributed by atoms with Gasteiger partial charge >= 0.3 is 5.97 Å². The minimum atomic E-state index is -0.740. The standard InChI is InChI=1S/C28H25N3O7S/c1-2-37-28(34)21-19-10-6-7-11-20(19)39-27(21)29-25(32)22-23(16-12-14-18(15-13-16)31(35)36)30(38-24(22)26(29)33)17-8-4-3-5-9-17/h3-5,8-9,12-15,23,32-33H,2,6-7,10-11H2,1H3. The van der Waals surface area contributed by atoms with Gasteiger partial charge in [0, 0.05) is 17.0 Å². The molecule has 0 amide bonds. The van der Waals surface area contributed by atoms with E-state index in [1.165, 1.54) is 28.0 Å². The monoisotopic (exact) mass is 547 g/mol. The van der Waals surface area contributed by atoms with E-state index in [4.69, 9.17) is 9.57 Å². The van der Waals surface area contributed by atoms with Crippen molar-refractivity contribution in [3.8, 4) is 22.5 Å². The number of carbonyl (C=O) groups excluding carboxylic acids is 1. The third-order valence-corrected chi connectivity index (χ3v) is 8.35. The van der Waals surface area contributed by atoms with Crippen LogP contribution in [0.1, 0.15) is 57.7 Å². The van der Waals surface area contributed by atoms with Crippen LogP contribution in [-0.2, 0) is 17.6 Å². The number of ether oxygens (including phenoxy) is 1. The topological polar surface area (TPSA) is 127 Å². The average molecular weight is 548 g/mol. The maximum absolute atomic E-state index is 13.1. The van der Waals surface area contributed by atoms with Gasteiger partial charge < -0.3 is 19.8 Å². The zero-order valence-corrected chi connectivity index (χ0v) is 21.8. The molecular weight excluding hydrogens is 522 g/mol. The molecule has 3 heterocycles. The Morgan fingerprint density at radius 3 is 2.51 bits per heavy atom. The Morgan fingerprint density at radius 1 is 1.10 bits per heavy atom. The number of aryl methyl sites for hydroxylation is 1. The summed E-state index contributed by atoms with van der Waals surface area (Å²) in [6, 6.07) is 14.4. The zero-order chi connectivity index (χ0) is 27.3. The average Bonchev–Trinajstić information content (AvgIpc) is 3.59. The van der Waals surface area contributed by atoms with E-state index >= 15 is 0 Å². The molecule has 39 heavy (non-hydrogen) atoms. The molecule has 11 heteroatoms. The van der Waals surface area contributed by atoms with Gasteiger partial charge in [0.1, 0.15) is 11.0 Å². The largest absolute Gasteiger partial charge is 0.494 e. The van der Waals surface area contributed by atoms with Gasteiger partial charge in [-0.1, -0.05) is 18.2 Å². The summed E-state index contributed by atoms with van der Waals surface area (Å²) in [5.74, 6) is -1.09. The number of nitrogens with zero attached hydrogens (tertiary/aromatic N) is 3. The fourth-order valence-corrected chi connectivity index (χ4v) is 6.70. The highest BCUT2D eigenvalue weighted by atomic mass is 32.1. The highest BCUT2D eigenvalue weighted by Gasteiger charge is 2.44. The van der Waals surface area contributed by atoms with Crippen molar-refractivity contribution in [3.63, 3.8) is 0 Å². The Kier molecular flexibility index (Phi) is 6.15. The van der Waals surface area contributed by atoms with Gasteiger partial charge in [-0.15, -0.1) is 11.3 Å². The predicted octanol–water partition coefficient (Wildman–Crippen LogP) is 5.82. The summed E-state index contributed by atoms with van der Waals surface area (Å²) >= 11 is 1.35. The number of nitro benzene ring substituents is 1. The summed E-state index contributed by atoms with van der Waals surface area (Å²) in [6.45, 7) is 1.93. The molecule has 0 fully saturated rings. The lowest BCUT2D eigenvalue weighted by Gasteiger charge is -2.26. The SMILES string of the molecule is CCOC(=O)c1c(-n2c(O)c3c(c2O)C(c2ccc([N+](=O)[O-])cc2)N(c2ccccc2)O3)sc2c1CCCC2. The van der Waals surface area contributed by atoms with Crippen LogP contribution in [0, 0.1) is 10.1 Å². The lowest BCUT2D eigenvalue weighted by molar-refractivity contribution is -0.384. The molecule has 2 aromatic carbocycles. The lowest BCUT2D eigenvalue weighted by atomic mass is 9.95. The lowest BCUT2D eigenvalue weighted by Crippen LogP contribution is -2.27. The van der Waals surface area contributed by atoms with E-state index in [1.807, 2.05) is 30.3 Å². The number of non-ortho nitro benzene ring substituents is 1. The normalized spacial score (nSPS) is 15.9. The predicted molar refractivity (Wildman–Crippen MR) is 144 cm³/mol. The van der Waals surface area contributed by atoms with Crippen LogP contribution >= 0.6 is 11.3 Å². The van der Waals surface area contributed by atoms with Crippen LogP contribution in [0.25, 0.3) is 5.00 Å². The molecule has 0 bridgehead atoms. The van der Waals surface area contributed by atoms with Crippen molar-refractivity contribution >= 4 is 28.7 Å². The van der Waals surface area contributed by atoms with Crippen molar-refractivity contribution in [1.29, 1.82) is 0 Å². The van der Waals surface area contributed by atoms with E-state index in [2.05, 4.69) is 0 Å². The van der Waals surface area contributed by atoms with Gasteiger partial charge in [0.05, 0.1) is 28.3 Å². The van der Waals surface area contributed by atoms with Crippen LogP contribution < -0.4 is 9.90 Å².